The van der Waals surface area contributed by atoms with Crippen LogP contribution in [0.4, 0.5) is 10.1 Å². The molecule has 170 valence electrons. The van der Waals surface area contributed by atoms with Crippen LogP contribution in [0.2, 0.25) is 0 Å². The van der Waals surface area contributed by atoms with E-state index in [1.807, 2.05) is 0 Å². The number of hydrogen-bond acceptors (Lipinski definition) is 7. The summed E-state index contributed by atoms with van der Waals surface area (Å²) >= 11 is 0. The van der Waals surface area contributed by atoms with Gasteiger partial charge in [-0.2, -0.15) is 4.31 Å². The summed E-state index contributed by atoms with van der Waals surface area (Å²) in [5.74, 6) is -2.37. The Morgan fingerprint density at radius 1 is 1.09 bits per heavy atom. The van der Waals surface area contributed by atoms with Crippen molar-refractivity contribution in [1.82, 2.24) is 14.9 Å². The molecule has 1 aliphatic heterocycles. The minimum Gasteiger partial charge on any atom is -0.359 e. The number of nitrogens with one attached hydrogen (secondary N) is 2. The third-order valence-corrected chi connectivity index (χ3v) is 6.51. The fraction of sp³-hybridized carbons (Fsp3) is 0.263. The number of nitro benzene ring substituents is 1. The molecule has 2 N–H and O–H groups in total. The number of nitro groups is 1. The van der Waals surface area contributed by atoms with E-state index in [2.05, 4.69) is 10.6 Å². The minimum atomic E-state index is -4.05. The van der Waals surface area contributed by atoms with Gasteiger partial charge in [0.05, 0.1) is 23.0 Å². The van der Waals surface area contributed by atoms with Gasteiger partial charge in [0, 0.05) is 25.2 Å². The van der Waals surface area contributed by atoms with Crippen molar-refractivity contribution in [1.29, 1.82) is 0 Å². The van der Waals surface area contributed by atoms with Gasteiger partial charge in [0.1, 0.15) is 12.0 Å². The van der Waals surface area contributed by atoms with Gasteiger partial charge < -0.3 is 15.4 Å². The highest BCUT2D eigenvalue weighted by atomic mass is 32.2. The summed E-state index contributed by atoms with van der Waals surface area (Å²) in [4.78, 5) is 33.9. The zero-order valence-electron chi connectivity index (χ0n) is 16.6. The van der Waals surface area contributed by atoms with Crippen LogP contribution in [0.1, 0.15) is 5.56 Å². The van der Waals surface area contributed by atoms with Crippen LogP contribution in [0.15, 0.2) is 53.4 Å². The summed E-state index contributed by atoms with van der Waals surface area (Å²) in [5, 5.41) is 15.4. The molecule has 1 saturated heterocycles. The van der Waals surface area contributed by atoms with Crippen LogP contribution in [-0.4, -0.2) is 55.4 Å². The maximum absolute atomic E-state index is 12.9. The van der Waals surface area contributed by atoms with Gasteiger partial charge in [-0.25, -0.2) is 12.8 Å². The fourth-order valence-electron chi connectivity index (χ4n) is 2.94. The Bertz CT molecular complexity index is 1110. The molecule has 2 amide bonds. The first kappa shape index (κ1) is 23.2. The van der Waals surface area contributed by atoms with E-state index in [9.17, 15) is 32.5 Å². The molecule has 13 heteroatoms. The Hall–Kier alpha value is -3.42. The Balaban J connectivity index is 1.56. The quantitative estimate of drug-likeness (QED) is 0.343. The Morgan fingerprint density at radius 3 is 2.34 bits per heavy atom. The second kappa shape index (κ2) is 9.80. The Kier molecular flexibility index (Phi) is 7.12. The Labute approximate surface area is 182 Å². The molecule has 0 aromatic heterocycles. The summed E-state index contributed by atoms with van der Waals surface area (Å²) < 4.78 is 45.0. The first-order valence-corrected chi connectivity index (χ1v) is 10.8. The Morgan fingerprint density at radius 2 is 1.72 bits per heavy atom. The second-order valence-corrected chi connectivity index (χ2v) is 8.60. The number of carbonyl (C=O) groups is 2. The molecule has 32 heavy (non-hydrogen) atoms. The maximum Gasteiger partial charge on any atom is 0.309 e. The van der Waals surface area contributed by atoms with Crippen LogP contribution in [0.3, 0.4) is 0 Å². The highest BCUT2D eigenvalue weighted by Crippen LogP contribution is 2.24. The van der Waals surface area contributed by atoms with Gasteiger partial charge in [0.25, 0.3) is 5.69 Å². The van der Waals surface area contributed by atoms with Gasteiger partial charge in [-0.05, 0) is 29.8 Å². The normalized spacial score (nSPS) is 16.5. The number of carbonyl (C=O) groups excluding carboxylic acids is 2. The molecule has 1 aliphatic rings. The molecule has 1 atom stereocenters. The molecule has 11 nitrogen and oxygen atoms in total. The maximum atomic E-state index is 12.9. The molecular weight excluding hydrogens is 447 g/mol. The third kappa shape index (κ3) is 5.43. The first-order valence-electron chi connectivity index (χ1n) is 9.37. The molecule has 0 saturated carbocycles. The highest BCUT2D eigenvalue weighted by Gasteiger charge is 2.36. The SMILES string of the molecule is O=C(NCc1ccc(F)cc1)C(=O)NC[C@@H]1OCCN1S(=O)(=O)c1ccc([N+](=O)[O-])cc1. The van der Waals surface area contributed by atoms with Crippen molar-refractivity contribution in [2.45, 2.75) is 17.7 Å². The largest absolute Gasteiger partial charge is 0.359 e. The summed E-state index contributed by atoms with van der Waals surface area (Å²) in [6, 6.07) is 9.74. The standard InChI is InChI=1S/C19H19FN4O7S/c20-14-3-1-13(2-4-14)11-21-18(25)19(26)22-12-17-23(9-10-31-17)32(29,30)16-7-5-15(6-8-16)24(27)28/h1-8,17H,9-12H2,(H,21,25)(H,22,26)/t17-/m0/s1. The average Bonchev–Trinajstić information content (AvgIpc) is 3.26. The lowest BCUT2D eigenvalue weighted by Crippen LogP contribution is -2.47. The van der Waals surface area contributed by atoms with Crippen molar-refractivity contribution < 1.29 is 32.1 Å². The van der Waals surface area contributed by atoms with E-state index in [0.717, 1.165) is 28.6 Å². The number of nitrogens with zero attached hydrogens (tertiary/aromatic N) is 2. The lowest BCUT2D eigenvalue weighted by molar-refractivity contribution is -0.384. The lowest BCUT2D eigenvalue weighted by Gasteiger charge is -2.22. The van der Waals surface area contributed by atoms with Crippen molar-refractivity contribution in [3.05, 3.63) is 70.0 Å². The van der Waals surface area contributed by atoms with Crippen LogP contribution in [0, 0.1) is 15.9 Å². The van der Waals surface area contributed by atoms with Gasteiger partial charge in [0.2, 0.25) is 10.0 Å². The molecule has 0 bridgehead atoms. The van der Waals surface area contributed by atoms with Crippen LogP contribution < -0.4 is 10.6 Å². The first-order chi connectivity index (χ1) is 15.2. The number of sulfonamides is 1. The van der Waals surface area contributed by atoms with Gasteiger partial charge in [-0.3, -0.25) is 19.7 Å². The highest BCUT2D eigenvalue weighted by molar-refractivity contribution is 7.89. The molecule has 0 aliphatic carbocycles. The number of amides is 2. The zero-order valence-corrected chi connectivity index (χ0v) is 17.4. The van der Waals surface area contributed by atoms with E-state index in [1.54, 1.807) is 0 Å². The molecule has 2 aromatic rings. The van der Waals surface area contributed by atoms with Crippen molar-refractivity contribution in [2.24, 2.45) is 0 Å². The molecule has 3 rings (SSSR count). The van der Waals surface area contributed by atoms with Crippen LogP contribution in [0.25, 0.3) is 0 Å². The molecule has 0 spiro atoms. The average molecular weight is 466 g/mol. The van der Waals surface area contributed by atoms with E-state index in [4.69, 9.17) is 4.74 Å². The summed E-state index contributed by atoms with van der Waals surface area (Å²) in [6.07, 6.45) is -1.05. The van der Waals surface area contributed by atoms with Crippen LogP contribution in [0.5, 0.6) is 0 Å². The number of benzene rings is 2. The number of non-ortho nitro benzene ring substituents is 1. The third-order valence-electron chi connectivity index (χ3n) is 4.61. The van der Waals surface area contributed by atoms with Gasteiger partial charge in [0.15, 0.2) is 0 Å². The second-order valence-electron chi connectivity index (χ2n) is 6.71. The lowest BCUT2D eigenvalue weighted by atomic mass is 10.2. The van der Waals surface area contributed by atoms with E-state index >= 15 is 0 Å². The molecule has 1 fully saturated rings. The predicted octanol–water partition coefficient (Wildman–Crippen LogP) is 0.514. The molecule has 2 aromatic carbocycles. The van der Waals surface area contributed by atoms with Crippen LogP contribution >= 0.6 is 0 Å². The number of halogens is 1. The van der Waals surface area contributed by atoms with E-state index in [1.165, 1.54) is 24.3 Å². The number of ether oxygens (including phenoxy) is 1. The molecular formula is C19H19FN4O7S. The van der Waals surface area contributed by atoms with Crippen LogP contribution in [-0.2, 0) is 30.9 Å². The summed E-state index contributed by atoms with van der Waals surface area (Å²) in [5.41, 5.74) is 0.337. The number of rotatable bonds is 7. The molecule has 0 radical (unpaired) electrons. The van der Waals surface area contributed by atoms with Gasteiger partial charge in [-0.15, -0.1) is 0 Å². The summed E-state index contributed by atoms with van der Waals surface area (Å²) in [7, 11) is -4.05. The van der Waals surface area contributed by atoms with E-state index < -0.39 is 38.8 Å². The smallest absolute Gasteiger partial charge is 0.309 e. The van der Waals surface area contributed by atoms with Crippen molar-refractivity contribution in [2.75, 3.05) is 19.7 Å². The fourth-order valence-corrected chi connectivity index (χ4v) is 4.45. The van der Waals surface area contributed by atoms with Gasteiger partial charge >= 0.3 is 11.8 Å². The number of hydrogen-bond donors (Lipinski definition) is 2. The monoisotopic (exact) mass is 466 g/mol. The van der Waals surface area contributed by atoms with Crippen molar-refractivity contribution in [3.8, 4) is 0 Å². The molecule has 1 heterocycles. The summed E-state index contributed by atoms with van der Waals surface area (Å²) in [6.45, 7) is -0.192. The van der Waals surface area contributed by atoms with Crippen molar-refractivity contribution >= 4 is 27.5 Å². The minimum absolute atomic E-state index is 0.00705. The van der Waals surface area contributed by atoms with Gasteiger partial charge in [-0.1, -0.05) is 12.1 Å². The zero-order chi connectivity index (χ0) is 23.3. The van der Waals surface area contributed by atoms with E-state index in [0.29, 0.717) is 5.56 Å². The van der Waals surface area contributed by atoms with E-state index in [-0.39, 0.29) is 36.8 Å². The topological polar surface area (TPSA) is 148 Å². The predicted molar refractivity (Wildman–Crippen MR) is 108 cm³/mol. The van der Waals surface area contributed by atoms with Crippen molar-refractivity contribution in [3.63, 3.8) is 0 Å². The molecule has 0 unspecified atom stereocenters.